The maximum atomic E-state index is 12.2. The molecule has 3 rings (SSSR count). The van der Waals surface area contributed by atoms with Crippen molar-refractivity contribution in [1.82, 2.24) is 10.1 Å². The van der Waals surface area contributed by atoms with E-state index in [1.165, 1.54) is 10.4 Å². The number of fused-ring (bicyclic) bond motifs is 1. The van der Waals surface area contributed by atoms with Crippen LogP contribution in [0.15, 0.2) is 22.0 Å². The third kappa shape index (κ3) is 3.01. The summed E-state index contributed by atoms with van der Waals surface area (Å²) in [5, 5.41) is 8.73. The molecule has 1 N–H and O–H groups in total. The van der Waals surface area contributed by atoms with Gasteiger partial charge in [-0.25, -0.2) is 0 Å². The Labute approximate surface area is 127 Å². The molecule has 1 unspecified atom stereocenters. The van der Waals surface area contributed by atoms with Crippen LogP contribution in [-0.4, -0.2) is 29.1 Å². The summed E-state index contributed by atoms with van der Waals surface area (Å²) in [5.41, 5.74) is 1.39. The zero-order valence-corrected chi connectivity index (χ0v) is 13.1. The molecule has 0 fully saturated rings. The Balaban J connectivity index is 1.66. The van der Waals surface area contributed by atoms with Gasteiger partial charge in [0.2, 0.25) is 5.91 Å². The molecule has 5 nitrogen and oxygen atoms in total. The van der Waals surface area contributed by atoms with E-state index in [-0.39, 0.29) is 5.91 Å². The van der Waals surface area contributed by atoms with Crippen molar-refractivity contribution in [3.8, 4) is 0 Å². The van der Waals surface area contributed by atoms with Crippen LogP contribution in [0.1, 0.15) is 35.6 Å². The monoisotopic (exact) mass is 305 g/mol. The van der Waals surface area contributed by atoms with E-state index in [1.807, 2.05) is 11.3 Å². The molecule has 1 atom stereocenters. The molecule has 0 saturated carbocycles. The maximum absolute atomic E-state index is 12.2. The molecule has 0 aromatic carbocycles. The number of aryl methyl sites for hydroxylation is 1. The molecule has 21 heavy (non-hydrogen) atoms. The summed E-state index contributed by atoms with van der Waals surface area (Å²) in [7, 11) is 0. The number of thiophene rings is 1. The molecule has 0 aliphatic carbocycles. The summed E-state index contributed by atoms with van der Waals surface area (Å²) in [4.78, 5) is 15.9. The molecule has 6 heteroatoms. The van der Waals surface area contributed by atoms with E-state index in [1.54, 1.807) is 13.0 Å². The van der Waals surface area contributed by atoms with Gasteiger partial charge in [0.1, 0.15) is 5.76 Å². The Bertz CT molecular complexity index is 634. The van der Waals surface area contributed by atoms with Crippen LogP contribution in [0, 0.1) is 6.92 Å². The van der Waals surface area contributed by atoms with Crippen LogP contribution in [-0.2, 0) is 11.2 Å². The molecule has 0 saturated heterocycles. The lowest BCUT2D eigenvalue weighted by Crippen LogP contribution is -2.40. The minimum Gasteiger partial charge on any atom is -0.360 e. The fraction of sp³-hybridized carbons (Fsp3) is 0.467. The average Bonchev–Trinajstić information content (AvgIpc) is 3.07. The lowest BCUT2D eigenvalue weighted by atomic mass is 9.98. The quantitative estimate of drug-likeness (QED) is 0.943. The van der Waals surface area contributed by atoms with Gasteiger partial charge in [-0.15, -0.1) is 11.3 Å². The van der Waals surface area contributed by atoms with Gasteiger partial charge >= 0.3 is 0 Å². The van der Waals surface area contributed by atoms with Gasteiger partial charge in [-0.1, -0.05) is 12.1 Å². The van der Waals surface area contributed by atoms with Crippen molar-refractivity contribution in [3.63, 3.8) is 0 Å². The van der Waals surface area contributed by atoms with E-state index in [0.29, 0.717) is 24.2 Å². The molecule has 0 bridgehead atoms. The first-order chi connectivity index (χ1) is 10.2. The fourth-order valence-electron chi connectivity index (χ4n) is 2.91. The van der Waals surface area contributed by atoms with Gasteiger partial charge in [0.05, 0.1) is 6.54 Å². The second-order valence-electron chi connectivity index (χ2n) is 5.31. The van der Waals surface area contributed by atoms with E-state index < -0.39 is 0 Å². The van der Waals surface area contributed by atoms with Crippen LogP contribution in [0.5, 0.6) is 0 Å². The van der Waals surface area contributed by atoms with E-state index in [0.717, 1.165) is 19.4 Å². The third-order valence-corrected chi connectivity index (χ3v) is 4.83. The second kappa shape index (κ2) is 5.99. The van der Waals surface area contributed by atoms with Crippen molar-refractivity contribution in [2.24, 2.45) is 0 Å². The summed E-state index contributed by atoms with van der Waals surface area (Å²) < 4.78 is 4.96. The van der Waals surface area contributed by atoms with Gasteiger partial charge in [0, 0.05) is 23.5 Å². The van der Waals surface area contributed by atoms with Crippen molar-refractivity contribution >= 4 is 23.1 Å². The van der Waals surface area contributed by atoms with E-state index in [2.05, 4.69) is 33.7 Å². The predicted molar refractivity (Wildman–Crippen MR) is 82.5 cm³/mol. The molecule has 3 heterocycles. The van der Waals surface area contributed by atoms with E-state index >= 15 is 0 Å². The van der Waals surface area contributed by atoms with Crippen LogP contribution in [0.25, 0.3) is 0 Å². The molecule has 0 radical (unpaired) electrons. The predicted octanol–water partition coefficient (Wildman–Crippen LogP) is 2.99. The van der Waals surface area contributed by atoms with Gasteiger partial charge in [-0.2, -0.15) is 0 Å². The summed E-state index contributed by atoms with van der Waals surface area (Å²) in [6.07, 6.45) is 2.04. The van der Waals surface area contributed by atoms with E-state index in [4.69, 9.17) is 4.52 Å². The molecular formula is C15H19N3O2S. The standard InChI is InChI=1S/C15H19N3O2S/c1-3-12-11-5-7-21-13(11)4-6-18(12)9-15(19)16-14-8-10(2)20-17-14/h5,7-8,12H,3-4,6,9H2,1-2H3,(H,16,17,19). The van der Waals surface area contributed by atoms with Gasteiger partial charge < -0.3 is 9.84 Å². The molecule has 2 aromatic heterocycles. The van der Waals surface area contributed by atoms with Crippen molar-refractivity contribution < 1.29 is 9.32 Å². The zero-order valence-electron chi connectivity index (χ0n) is 12.3. The summed E-state index contributed by atoms with van der Waals surface area (Å²) in [5.74, 6) is 1.14. The molecule has 112 valence electrons. The second-order valence-corrected chi connectivity index (χ2v) is 6.32. The van der Waals surface area contributed by atoms with Crippen LogP contribution < -0.4 is 5.32 Å². The molecule has 2 aromatic rings. The molecular weight excluding hydrogens is 286 g/mol. The number of carbonyl (C=O) groups is 1. The molecule has 1 aliphatic rings. The van der Waals surface area contributed by atoms with Gasteiger partial charge in [-0.3, -0.25) is 9.69 Å². The highest BCUT2D eigenvalue weighted by Gasteiger charge is 2.28. The topological polar surface area (TPSA) is 58.4 Å². The number of rotatable bonds is 4. The normalized spacial score (nSPS) is 18.5. The average molecular weight is 305 g/mol. The zero-order chi connectivity index (χ0) is 14.8. The summed E-state index contributed by atoms with van der Waals surface area (Å²) >= 11 is 1.82. The van der Waals surface area contributed by atoms with Crippen LogP contribution in [0.3, 0.4) is 0 Å². The van der Waals surface area contributed by atoms with Crippen molar-refractivity contribution in [2.75, 3.05) is 18.4 Å². The first-order valence-corrected chi connectivity index (χ1v) is 8.09. The lowest BCUT2D eigenvalue weighted by Gasteiger charge is -2.34. The van der Waals surface area contributed by atoms with Crippen LogP contribution >= 0.6 is 11.3 Å². The molecule has 0 spiro atoms. The molecule has 1 aliphatic heterocycles. The Morgan fingerprint density at radius 2 is 2.48 bits per heavy atom. The number of amides is 1. The minimum atomic E-state index is -0.0413. The number of nitrogens with one attached hydrogen (secondary N) is 1. The number of anilines is 1. The number of hydrogen-bond donors (Lipinski definition) is 1. The number of hydrogen-bond acceptors (Lipinski definition) is 5. The van der Waals surface area contributed by atoms with Crippen LogP contribution in [0.2, 0.25) is 0 Å². The van der Waals surface area contributed by atoms with Crippen molar-refractivity contribution in [3.05, 3.63) is 33.7 Å². The molecule has 1 amide bonds. The minimum absolute atomic E-state index is 0.0413. The maximum Gasteiger partial charge on any atom is 0.239 e. The SMILES string of the molecule is CCC1c2ccsc2CCN1CC(=O)Nc1cc(C)on1. The van der Waals surface area contributed by atoms with Gasteiger partial charge in [0.25, 0.3) is 0 Å². The highest BCUT2D eigenvalue weighted by molar-refractivity contribution is 7.10. The smallest absolute Gasteiger partial charge is 0.239 e. The number of aromatic nitrogens is 1. The Morgan fingerprint density at radius 3 is 3.19 bits per heavy atom. The summed E-state index contributed by atoms with van der Waals surface area (Å²) in [6, 6.07) is 4.26. The largest absolute Gasteiger partial charge is 0.360 e. The lowest BCUT2D eigenvalue weighted by molar-refractivity contribution is -0.118. The van der Waals surface area contributed by atoms with E-state index in [9.17, 15) is 4.79 Å². The highest BCUT2D eigenvalue weighted by atomic mass is 32.1. The summed E-state index contributed by atoms with van der Waals surface area (Å²) in [6.45, 7) is 5.29. The highest BCUT2D eigenvalue weighted by Crippen LogP contribution is 2.34. The van der Waals surface area contributed by atoms with Crippen molar-refractivity contribution in [1.29, 1.82) is 0 Å². The number of carbonyl (C=O) groups excluding carboxylic acids is 1. The first-order valence-electron chi connectivity index (χ1n) is 7.21. The first kappa shape index (κ1) is 14.3. The van der Waals surface area contributed by atoms with Gasteiger partial charge in [0.15, 0.2) is 5.82 Å². The third-order valence-electron chi connectivity index (χ3n) is 3.83. The Kier molecular flexibility index (Phi) is 4.07. The van der Waals surface area contributed by atoms with Crippen molar-refractivity contribution in [2.45, 2.75) is 32.7 Å². The van der Waals surface area contributed by atoms with Gasteiger partial charge in [-0.05, 0) is 36.8 Å². The fourth-order valence-corrected chi connectivity index (χ4v) is 3.84. The Hall–Kier alpha value is -1.66. The Morgan fingerprint density at radius 1 is 1.62 bits per heavy atom. The number of nitrogens with zero attached hydrogens (tertiary/aromatic N) is 2. The van der Waals surface area contributed by atoms with Crippen LogP contribution in [0.4, 0.5) is 5.82 Å².